The number of carbonyl (C=O) groups is 1. The zero-order valence-electron chi connectivity index (χ0n) is 18.4. The van der Waals surface area contributed by atoms with Gasteiger partial charge < -0.3 is 4.74 Å². The third-order valence-corrected chi connectivity index (χ3v) is 7.26. The molecule has 0 saturated carbocycles. The van der Waals surface area contributed by atoms with Crippen LogP contribution in [-0.2, 0) is 11.8 Å². The van der Waals surface area contributed by atoms with E-state index in [1.165, 1.54) is 11.1 Å². The largest absolute Gasteiger partial charge is 0.489 e. The maximum atomic E-state index is 11.7. The van der Waals surface area contributed by atoms with Gasteiger partial charge in [-0.1, -0.05) is 94.6 Å². The molecule has 0 N–H and O–H groups in total. The first-order valence-electron chi connectivity index (χ1n) is 10.6. The van der Waals surface area contributed by atoms with Crippen LogP contribution >= 0.6 is 8.58 Å². The van der Waals surface area contributed by atoms with Crippen molar-refractivity contribution in [3.63, 3.8) is 0 Å². The number of carbonyl (C=O) groups excluding carboxylic acids is 1. The molecule has 0 aromatic heterocycles. The second kappa shape index (κ2) is 10.0. The van der Waals surface area contributed by atoms with Gasteiger partial charge in [0.2, 0.25) is 0 Å². The molecule has 3 rings (SSSR count). The molecule has 0 heterocycles. The molecule has 30 heavy (non-hydrogen) atoms. The van der Waals surface area contributed by atoms with Crippen LogP contribution in [0.1, 0.15) is 59.3 Å². The highest BCUT2D eigenvalue weighted by atomic mass is 31.1. The molecule has 0 aliphatic heterocycles. The average Bonchev–Trinajstić information content (AvgIpc) is 2.75. The molecule has 0 amide bonds. The molecule has 0 bridgehead atoms. The second-order valence-electron chi connectivity index (χ2n) is 8.19. The van der Waals surface area contributed by atoms with Gasteiger partial charge in [0.1, 0.15) is 12.4 Å². The van der Waals surface area contributed by atoms with E-state index < -0.39 is 0 Å². The highest BCUT2D eigenvalue weighted by molar-refractivity contribution is 7.48. The summed E-state index contributed by atoms with van der Waals surface area (Å²) in [6.07, 6.45) is 3.09. The van der Waals surface area contributed by atoms with Gasteiger partial charge in [-0.15, -0.1) is 0 Å². The number of benzene rings is 3. The normalized spacial score (nSPS) is 13.3. The van der Waals surface area contributed by atoms with Crippen LogP contribution in [0.15, 0.2) is 66.7 Å². The van der Waals surface area contributed by atoms with Crippen molar-refractivity contribution in [2.45, 2.75) is 52.3 Å². The molecule has 3 aromatic rings. The van der Waals surface area contributed by atoms with Crippen LogP contribution in [0.25, 0.3) is 0 Å². The molecule has 0 radical (unpaired) electrons. The first-order chi connectivity index (χ1) is 14.4. The predicted molar refractivity (Wildman–Crippen MR) is 129 cm³/mol. The lowest BCUT2D eigenvalue weighted by Gasteiger charge is -2.33. The molecular formula is C27H31O2P. The topological polar surface area (TPSA) is 26.3 Å². The van der Waals surface area contributed by atoms with E-state index in [-0.39, 0.29) is 5.16 Å². The molecule has 2 unspecified atom stereocenters. The molecule has 0 aliphatic rings. The van der Waals surface area contributed by atoms with E-state index in [1.807, 2.05) is 31.2 Å². The van der Waals surface area contributed by atoms with Crippen molar-refractivity contribution in [3.8, 4) is 5.75 Å². The summed E-state index contributed by atoms with van der Waals surface area (Å²) in [5.74, 6) is 0.938. The Morgan fingerprint density at radius 2 is 1.67 bits per heavy atom. The second-order valence-corrected chi connectivity index (χ2v) is 10.1. The standard InChI is InChI=1S/C27H31O2P/c1-5-15-27(4,30-26-14-12-20(2)16-23(26)18-28)24-17-21(3)11-13-25(24)29-19-22-9-7-6-8-10-22/h6-14,16-18,30H,5,15,19H2,1-4H3. The van der Waals surface area contributed by atoms with Crippen LogP contribution in [0.3, 0.4) is 0 Å². The summed E-state index contributed by atoms with van der Waals surface area (Å²) in [5.41, 5.74) is 5.53. The van der Waals surface area contributed by atoms with Gasteiger partial charge >= 0.3 is 0 Å². The molecule has 0 fully saturated rings. The summed E-state index contributed by atoms with van der Waals surface area (Å²) in [6.45, 7) is 9.24. The summed E-state index contributed by atoms with van der Waals surface area (Å²) in [4.78, 5) is 11.7. The Labute approximate surface area is 182 Å². The molecular weight excluding hydrogens is 387 g/mol. The Morgan fingerprint density at radius 3 is 2.37 bits per heavy atom. The number of rotatable bonds is 9. The van der Waals surface area contributed by atoms with Gasteiger partial charge in [0, 0.05) is 16.3 Å². The number of aldehydes is 1. The lowest BCUT2D eigenvalue weighted by atomic mass is 9.93. The summed E-state index contributed by atoms with van der Waals surface area (Å²) >= 11 is 0. The Bertz CT molecular complexity index is 997. The van der Waals surface area contributed by atoms with Crippen molar-refractivity contribution < 1.29 is 9.53 Å². The Hall–Kier alpha value is -2.44. The van der Waals surface area contributed by atoms with E-state index in [4.69, 9.17) is 4.74 Å². The third kappa shape index (κ3) is 5.37. The Balaban J connectivity index is 1.98. The predicted octanol–water partition coefficient (Wildman–Crippen LogP) is 6.71. The summed E-state index contributed by atoms with van der Waals surface area (Å²) in [5, 5.41) is 1.03. The van der Waals surface area contributed by atoms with Gasteiger partial charge in [-0.05, 0) is 43.3 Å². The van der Waals surface area contributed by atoms with E-state index in [9.17, 15) is 4.79 Å². The first kappa shape index (κ1) is 22.2. The van der Waals surface area contributed by atoms with E-state index in [0.29, 0.717) is 15.2 Å². The molecule has 2 nitrogen and oxygen atoms in total. The van der Waals surface area contributed by atoms with Crippen LogP contribution in [0.5, 0.6) is 5.75 Å². The van der Waals surface area contributed by atoms with E-state index >= 15 is 0 Å². The molecule has 2 atom stereocenters. The minimum Gasteiger partial charge on any atom is -0.489 e. The lowest BCUT2D eigenvalue weighted by molar-refractivity contribution is 0.112. The summed E-state index contributed by atoms with van der Waals surface area (Å²) in [7, 11) is 0.487. The van der Waals surface area contributed by atoms with Gasteiger partial charge in [0.25, 0.3) is 0 Å². The fourth-order valence-electron chi connectivity index (χ4n) is 3.89. The molecule has 156 valence electrons. The minimum atomic E-state index is -0.0974. The zero-order chi connectivity index (χ0) is 21.6. The fourth-order valence-corrected chi connectivity index (χ4v) is 5.63. The van der Waals surface area contributed by atoms with Crippen molar-refractivity contribution >= 4 is 20.2 Å². The smallest absolute Gasteiger partial charge is 0.150 e. The van der Waals surface area contributed by atoms with E-state index in [1.54, 1.807) is 0 Å². The van der Waals surface area contributed by atoms with Gasteiger partial charge in [-0.2, -0.15) is 0 Å². The van der Waals surface area contributed by atoms with Crippen molar-refractivity contribution in [3.05, 3.63) is 94.5 Å². The van der Waals surface area contributed by atoms with E-state index in [2.05, 4.69) is 63.2 Å². The van der Waals surface area contributed by atoms with Crippen LogP contribution in [0.4, 0.5) is 0 Å². The summed E-state index contributed by atoms with van der Waals surface area (Å²) < 4.78 is 6.32. The number of aryl methyl sites for hydroxylation is 2. The molecule has 3 heteroatoms. The van der Waals surface area contributed by atoms with Gasteiger partial charge in [0.15, 0.2) is 6.29 Å². The molecule has 0 saturated heterocycles. The molecule has 3 aromatic carbocycles. The van der Waals surface area contributed by atoms with Crippen LogP contribution in [-0.4, -0.2) is 6.29 Å². The van der Waals surface area contributed by atoms with Crippen molar-refractivity contribution in [2.24, 2.45) is 0 Å². The quantitative estimate of drug-likeness (QED) is 0.285. The highest BCUT2D eigenvalue weighted by Gasteiger charge is 2.30. The van der Waals surface area contributed by atoms with Gasteiger partial charge in [-0.3, -0.25) is 4.79 Å². The van der Waals surface area contributed by atoms with E-state index in [0.717, 1.165) is 46.9 Å². The van der Waals surface area contributed by atoms with Gasteiger partial charge in [0.05, 0.1) is 0 Å². The number of hydrogen-bond donors (Lipinski definition) is 0. The van der Waals surface area contributed by atoms with Crippen molar-refractivity contribution in [2.75, 3.05) is 0 Å². The van der Waals surface area contributed by atoms with Gasteiger partial charge in [-0.25, -0.2) is 0 Å². The maximum Gasteiger partial charge on any atom is 0.150 e. The third-order valence-electron chi connectivity index (χ3n) is 5.46. The zero-order valence-corrected chi connectivity index (χ0v) is 19.4. The Kier molecular flexibility index (Phi) is 7.45. The molecule has 0 spiro atoms. The monoisotopic (exact) mass is 418 g/mol. The average molecular weight is 419 g/mol. The van der Waals surface area contributed by atoms with Crippen LogP contribution in [0.2, 0.25) is 0 Å². The number of ether oxygens (including phenoxy) is 1. The lowest BCUT2D eigenvalue weighted by Crippen LogP contribution is -2.22. The number of hydrogen-bond acceptors (Lipinski definition) is 2. The SMILES string of the molecule is CCCC(C)(Pc1ccc(C)cc1C=O)c1cc(C)ccc1OCc1ccccc1. The highest BCUT2D eigenvalue weighted by Crippen LogP contribution is 2.48. The van der Waals surface area contributed by atoms with Crippen molar-refractivity contribution in [1.29, 1.82) is 0 Å². The minimum absolute atomic E-state index is 0.0974. The maximum absolute atomic E-state index is 11.7. The van der Waals surface area contributed by atoms with Crippen LogP contribution in [0, 0.1) is 13.8 Å². The van der Waals surface area contributed by atoms with Crippen molar-refractivity contribution in [1.82, 2.24) is 0 Å². The molecule has 0 aliphatic carbocycles. The first-order valence-corrected chi connectivity index (χ1v) is 11.6. The summed E-state index contributed by atoms with van der Waals surface area (Å²) in [6, 6.07) is 23.0. The van der Waals surface area contributed by atoms with Crippen LogP contribution < -0.4 is 10.0 Å². The fraction of sp³-hybridized carbons (Fsp3) is 0.296. The Morgan fingerprint density at radius 1 is 0.967 bits per heavy atom.